The van der Waals surface area contributed by atoms with E-state index in [1.54, 1.807) is 31.3 Å². The molecule has 5 nitrogen and oxygen atoms in total. The lowest BCUT2D eigenvalue weighted by atomic mass is 10.2. The van der Waals surface area contributed by atoms with Gasteiger partial charge in [0.1, 0.15) is 5.84 Å². The molecule has 0 radical (unpaired) electrons. The smallest absolute Gasteiger partial charge is 0.284 e. The second-order valence-electron chi connectivity index (χ2n) is 3.98. The number of imide groups is 1. The van der Waals surface area contributed by atoms with Crippen molar-refractivity contribution in [3.63, 3.8) is 0 Å². The third kappa shape index (κ3) is 2.36. The summed E-state index contributed by atoms with van der Waals surface area (Å²) in [5, 5.41) is 0.614. The monoisotopic (exact) mass is 265 g/mol. The minimum absolute atomic E-state index is 0.112. The number of urea groups is 1. The summed E-state index contributed by atoms with van der Waals surface area (Å²) in [6.45, 7) is 0. The van der Waals surface area contributed by atoms with Crippen LogP contribution in [0, 0.1) is 0 Å². The van der Waals surface area contributed by atoms with Crippen LogP contribution in [-0.4, -0.2) is 41.7 Å². The topological polar surface area (TPSA) is 53.0 Å². The Kier molecular flexibility index (Phi) is 3.34. The summed E-state index contributed by atoms with van der Waals surface area (Å²) >= 11 is 5.77. The Labute approximate surface area is 110 Å². The van der Waals surface area contributed by atoms with Gasteiger partial charge in [-0.05, 0) is 24.3 Å². The van der Waals surface area contributed by atoms with Gasteiger partial charge in [0.25, 0.3) is 0 Å². The summed E-state index contributed by atoms with van der Waals surface area (Å²) in [6.07, 6.45) is 0.112. The van der Waals surface area contributed by atoms with Crippen LogP contribution in [0.25, 0.3) is 0 Å². The quantitative estimate of drug-likeness (QED) is 0.782. The molecule has 3 amide bonds. The van der Waals surface area contributed by atoms with E-state index in [0.717, 1.165) is 4.90 Å². The molecule has 94 valence electrons. The molecule has 1 aromatic rings. The van der Waals surface area contributed by atoms with E-state index in [0.29, 0.717) is 16.5 Å². The first-order chi connectivity index (χ1) is 8.49. The Hall–Kier alpha value is -1.88. The number of aliphatic imine (C=N–C) groups is 1. The first-order valence-corrected chi connectivity index (χ1v) is 5.74. The maximum atomic E-state index is 11.7. The summed E-state index contributed by atoms with van der Waals surface area (Å²) in [7, 11) is 3.06. The van der Waals surface area contributed by atoms with Crippen molar-refractivity contribution < 1.29 is 9.59 Å². The highest BCUT2D eigenvalue weighted by molar-refractivity contribution is 6.30. The highest BCUT2D eigenvalue weighted by Gasteiger charge is 2.31. The SMILES string of the molecule is CN1C(=O)CC(=Nc2ccc(Cl)cc2)N(C)C1=O. The molecular weight excluding hydrogens is 254 g/mol. The maximum Gasteiger partial charge on any atom is 0.331 e. The Bertz CT molecular complexity index is 525. The molecule has 0 aromatic heterocycles. The van der Waals surface area contributed by atoms with Gasteiger partial charge in [-0.3, -0.25) is 14.6 Å². The third-order valence-corrected chi connectivity index (χ3v) is 2.98. The van der Waals surface area contributed by atoms with E-state index in [1.165, 1.54) is 11.9 Å². The van der Waals surface area contributed by atoms with Crippen molar-refractivity contribution in [2.45, 2.75) is 6.42 Å². The molecule has 18 heavy (non-hydrogen) atoms. The fraction of sp³-hybridized carbons (Fsp3) is 0.250. The molecule has 0 N–H and O–H groups in total. The van der Waals surface area contributed by atoms with Crippen LogP contribution < -0.4 is 0 Å². The van der Waals surface area contributed by atoms with Gasteiger partial charge in [0.15, 0.2) is 0 Å². The van der Waals surface area contributed by atoms with E-state index in [-0.39, 0.29) is 18.4 Å². The van der Waals surface area contributed by atoms with Crippen LogP contribution in [0.2, 0.25) is 5.02 Å². The average molecular weight is 266 g/mol. The molecule has 6 heteroatoms. The molecule has 0 aliphatic carbocycles. The molecule has 0 atom stereocenters. The molecule has 0 saturated carbocycles. The summed E-state index contributed by atoms with van der Waals surface area (Å²) in [5.41, 5.74) is 0.659. The summed E-state index contributed by atoms with van der Waals surface area (Å²) in [5.74, 6) is 0.177. The minimum atomic E-state index is -0.376. The number of benzene rings is 1. The van der Waals surface area contributed by atoms with Gasteiger partial charge >= 0.3 is 6.03 Å². The first-order valence-electron chi connectivity index (χ1n) is 5.36. The van der Waals surface area contributed by atoms with Gasteiger partial charge in [-0.2, -0.15) is 0 Å². The third-order valence-electron chi connectivity index (χ3n) is 2.73. The van der Waals surface area contributed by atoms with Gasteiger partial charge in [0.2, 0.25) is 5.91 Å². The van der Waals surface area contributed by atoms with E-state index in [1.807, 2.05) is 0 Å². The first kappa shape index (κ1) is 12.6. The highest BCUT2D eigenvalue weighted by atomic mass is 35.5. The van der Waals surface area contributed by atoms with Gasteiger partial charge < -0.3 is 0 Å². The van der Waals surface area contributed by atoms with Gasteiger partial charge in [-0.25, -0.2) is 9.79 Å². The number of nitrogens with zero attached hydrogens (tertiary/aromatic N) is 3. The zero-order valence-electron chi connectivity index (χ0n) is 10.1. The molecule has 0 spiro atoms. The molecule has 1 aliphatic heterocycles. The normalized spacial score (nSPS) is 18.7. The van der Waals surface area contributed by atoms with E-state index >= 15 is 0 Å². The lowest BCUT2D eigenvalue weighted by Gasteiger charge is -2.30. The van der Waals surface area contributed by atoms with Crippen molar-refractivity contribution in [1.82, 2.24) is 9.80 Å². The van der Waals surface area contributed by atoms with Crippen LogP contribution in [-0.2, 0) is 4.79 Å². The van der Waals surface area contributed by atoms with Crippen molar-refractivity contribution in [1.29, 1.82) is 0 Å². The summed E-state index contributed by atoms with van der Waals surface area (Å²) in [6, 6.07) is 6.50. The zero-order chi connectivity index (χ0) is 13.3. The second-order valence-corrected chi connectivity index (χ2v) is 4.41. The molecule has 1 fully saturated rings. The van der Waals surface area contributed by atoms with Gasteiger partial charge in [-0.1, -0.05) is 11.6 Å². The lowest BCUT2D eigenvalue weighted by Crippen LogP contribution is -2.51. The van der Waals surface area contributed by atoms with E-state index in [4.69, 9.17) is 11.6 Å². The summed E-state index contributed by atoms with van der Waals surface area (Å²) in [4.78, 5) is 30.0. The van der Waals surface area contributed by atoms with Crippen molar-refractivity contribution >= 4 is 35.1 Å². The number of amidine groups is 1. The Balaban J connectivity index is 2.30. The predicted molar refractivity (Wildman–Crippen MR) is 69.1 cm³/mol. The predicted octanol–water partition coefficient (Wildman–Crippen LogP) is 2.28. The number of rotatable bonds is 1. The lowest BCUT2D eigenvalue weighted by molar-refractivity contribution is -0.127. The van der Waals surface area contributed by atoms with Crippen LogP contribution in [0.1, 0.15) is 6.42 Å². The number of halogens is 1. The average Bonchev–Trinajstić information content (AvgIpc) is 2.36. The standard InChI is InChI=1S/C12H12ClN3O2/c1-15-10(7-11(17)16(2)12(15)18)14-9-5-3-8(13)4-6-9/h3-6H,7H2,1-2H3. The van der Waals surface area contributed by atoms with Crippen molar-refractivity contribution in [3.8, 4) is 0 Å². The number of amides is 3. The van der Waals surface area contributed by atoms with Crippen molar-refractivity contribution in [2.24, 2.45) is 4.99 Å². The van der Waals surface area contributed by atoms with E-state index in [9.17, 15) is 9.59 Å². The minimum Gasteiger partial charge on any atom is -0.284 e. The molecular formula is C12H12ClN3O2. The molecule has 1 aliphatic rings. The van der Waals surface area contributed by atoms with Gasteiger partial charge in [0.05, 0.1) is 12.1 Å². The molecule has 0 bridgehead atoms. The number of hydrogen-bond acceptors (Lipinski definition) is 3. The second kappa shape index (κ2) is 4.78. The highest BCUT2D eigenvalue weighted by Crippen LogP contribution is 2.19. The van der Waals surface area contributed by atoms with E-state index < -0.39 is 0 Å². The Morgan fingerprint density at radius 3 is 2.33 bits per heavy atom. The fourth-order valence-corrected chi connectivity index (χ4v) is 1.72. The molecule has 2 rings (SSSR count). The molecule has 1 heterocycles. The largest absolute Gasteiger partial charge is 0.331 e. The fourth-order valence-electron chi connectivity index (χ4n) is 1.59. The van der Waals surface area contributed by atoms with Crippen LogP contribution in [0.3, 0.4) is 0 Å². The zero-order valence-corrected chi connectivity index (χ0v) is 10.8. The Morgan fingerprint density at radius 2 is 1.72 bits per heavy atom. The van der Waals surface area contributed by atoms with Crippen LogP contribution >= 0.6 is 11.6 Å². The van der Waals surface area contributed by atoms with E-state index in [2.05, 4.69) is 4.99 Å². The Morgan fingerprint density at radius 1 is 1.11 bits per heavy atom. The number of hydrogen-bond donors (Lipinski definition) is 0. The van der Waals surface area contributed by atoms with Crippen molar-refractivity contribution in [2.75, 3.05) is 14.1 Å². The van der Waals surface area contributed by atoms with Crippen LogP contribution in [0.15, 0.2) is 29.3 Å². The van der Waals surface area contributed by atoms with Crippen LogP contribution in [0.5, 0.6) is 0 Å². The summed E-state index contributed by atoms with van der Waals surface area (Å²) < 4.78 is 0. The van der Waals surface area contributed by atoms with Gasteiger partial charge in [-0.15, -0.1) is 0 Å². The molecule has 1 aromatic carbocycles. The van der Waals surface area contributed by atoms with Gasteiger partial charge in [0, 0.05) is 19.1 Å². The van der Waals surface area contributed by atoms with Crippen molar-refractivity contribution in [3.05, 3.63) is 29.3 Å². The molecule has 1 saturated heterocycles. The number of carbonyl (C=O) groups excluding carboxylic acids is 2. The van der Waals surface area contributed by atoms with Crippen LogP contribution in [0.4, 0.5) is 10.5 Å². The molecule has 0 unspecified atom stereocenters. The number of carbonyl (C=O) groups is 2. The maximum absolute atomic E-state index is 11.7.